The predicted octanol–water partition coefficient (Wildman–Crippen LogP) is 2.02. The number of nitrogens with zero attached hydrogens (tertiary/aromatic N) is 3. The van der Waals surface area contributed by atoms with Crippen LogP contribution >= 0.6 is 23.1 Å². The van der Waals surface area contributed by atoms with E-state index in [-0.39, 0.29) is 12.0 Å². The first-order valence-corrected chi connectivity index (χ1v) is 8.92. The predicted molar refractivity (Wildman–Crippen MR) is 88.3 cm³/mol. The highest BCUT2D eigenvalue weighted by molar-refractivity contribution is 8.01. The molecule has 1 unspecified atom stereocenters. The third-order valence-electron chi connectivity index (χ3n) is 2.62. The van der Waals surface area contributed by atoms with Crippen LogP contribution in [0.4, 0.5) is 5.13 Å². The Kier molecular flexibility index (Phi) is 8.63. The molecule has 1 N–H and O–H groups in total. The molecule has 1 rings (SSSR count). The number of hydrogen-bond donors (Lipinski definition) is 1. The maximum atomic E-state index is 11.9. The normalized spacial score (nSPS) is 12.2. The molecule has 0 bridgehead atoms. The molecule has 0 aliphatic rings. The molecule has 1 heterocycles. The zero-order valence-electron chi connectivity index (χ0n) is 13.1. The van der Waals surface area contributed by atoms with Crippen LogP contribution in [0.3, 0.4) is 0 Å². The number of nitrogens with one attached hydrogen (secondary N) is 1. The molecule has 0 aliphatic heterocycles. The van der Waals surface area contributed by atoms with Crippen molar-refractivity contribution in [3.05, 3.63) is 0 Å². The van der Waals surface area contributed by atoms with Crippen LogP contribution in [0, 0.1) is 0 Å². The lowest BCUT2D eigenvalue weighted by Gasteiger charge is -2.16. The number of thioether (sulfide) groups is 1. The van der Waals surface area contributed by atoms with Gasteiger partial charge < -0.3 is 15.0 Å². The van der Waals surface area contributed by atoms with Crippen LogP contribution in [-0.4, -0.2) is 55.2 Å². The average Bonchev–Trinajstić information content (AvgIpc) is 2.91. The van der Waals surface area contributed by atoms with Crippen molar-refractivity contribution in [2.24, 2.45) is 0 Å². The van der Waals surface area contributed by atoms with E-state index in [9.17, 15) is 4.79 Å². The van der Waals surface area contributed by atoms with Gasteiger partial charge in [-0.1, -0.05) is 30.0 Å². The summed E-state index contributed by atoms with van der Waals surface area (Å²) in [5, 5.41) is 12.4. The maximum absolute atomic E-state index is 11.9. The summed E-state index contributed by atoms with van der Waals surface area (Å²) >= 11 is 3.19. The van der Waals surface area contributed by atoms with Gasteiger partial charge in [0.1, 0.15) is 6.04 Å². The summed E-state index contributed by atoms with van der Waals surface area (Å²) in [7, 11) is 3.89. The van der Waals surface area contributed by atoms with Gasteiger partial charge >= 0.3 is 5.97 Å². The average molecular weight is 332 g/mol. The summed E-state index contributed by atoms with van der Waals surface area (Å²) in [5.74, 6) is 0.639. The highest BCUT2D eigenvalue weighted by Gasteiger charge is 2.19. The molecule has 0 fully saturated rings. The Labute approximate surface area is 134 Å². The minimum atomic E-state index is -0.237. The van der Waals surface area contributed by atoms with E-state index in [0.29, 0.717) is 6.61 Å². The van der Waals surface area contributed by atoms with Crippen molar-refractivity contribution in [1.29, 1.82) is 0 Å². The molecule has 1 aromatic rings. The fraction of sp³-hybridized carbons (Fsp3) is 0.769. The highest BCUT2D eigenvalue weighted by atomic mass is 32.2. The molecular weight excluding hydrogens is 308 g/mol. The second-order valence-electron chi connectivity index (χ2n) is 4.64. The SMILES string of the molecule is CCCNC(CCSc1nnc(N(C)C)s1)C(=O)OCC. The number of hydrogen-bond acceptors (Lipinski definition) is 8. The fourth-order valence-corrected chi connectivity index (χ4v) is 3.41. The number of esters is 1. The molecule has 0 saturated carbocycles. The van der Waals surface area contributed by atoms with E-state index >= 15 is 0 Å². The Morgan fingerprint density at radius 3 is 2.76 bits per heavy atom. The van der Waals surface area contributed by atoms with Gasteiger partial charge in [0.05, 0.1) is 6.61 Å². The van der Waals surface area contributed by atoms with E-state index in [1.165, 1.54) is 0 Å². The van der Waals surface area contributed by atoms with E-state index in [1.807, 2.05) is 25.9 Å². The first kappa shape index (κ1) is 18.2. The van der Waals surface area contributed by atoms with E-state index in [0.717, 1.165) is 34.6 Å². The molecule has 0 amide bonds. The molecule has 0 aromatic carbocycles. The zero-order valence-corrected chi connectivity index (χ0v) is 14.7. The van der Waals surface area contributed by atoms with E-state index in [1.54, 1.807) is 23.1 Å². The summed E-state index contributed by atoms with van der Waals surface area (Å²) in [5.41, 5.74) is 0. The van der Waals surface area contributed by atoms with Crippen molar-refractivity contribution in [3.63, 3.8) is 0 Å². The van der Waals surface area contributed by atoms with Gasteiger partial charge in [0.25, 0.3) is 0 Å². The zero-order chi connectivity index (χ0) is 15.7. The number of rotatable bonds is 10. The van der Waals surface area contributed by atoms with Crippen molar-refractivity contribution in [2.75, 3.05) is 37.9 Å². The Hall–Kier alpha value is -0.860. The number of carbonyl (C=O) groups excluding carboxylic acids is 1. The number of carbonyl (C=O) groups is 1. The van der Waals surface area contributed by atoms with Gasteiger partial charge in [0, 0.05) is 19.8 Å². The summed E-state index contributed by atoms with van der Waals surface area (Å²) in [6, 6.07) is -0.237. The van der Waals surface area contributed by atoms with Gasteiger partial charge in [-0.05, 0) is 26.3 Å². The minimum Gasteiger partial charge on any atom is -0.465 e. The largest absolute Gasteiger partial charge is 0.465 e. The Bertz CT molecular complexity index is 426. The third kappa shape index (κ3) is 6.62. The summed E-state index contributed by atoms with van der Waals surface area (Å²) in [6.45, 7) is 5.14. The first-order valence-electron chi connectivity index (χ1n) is 7.12. The lowest BCUT2D eigenvalue weighted by molar-refractivity contribution is -0.145. The van der Waals surface area contributed by atoms with Crippen LogP contribution in [0.25, 0.3) is 0 Å². The third-order valence-corrected chi connectivity index (χ3v) is 4.88. The van der Waals surface area contributed by atoms with Crippen molar-refractivity contribution in [2.45, 2.75) is 37.1 Å². The van der Waals surface area contributed by atoms with Crippen LogP contribution in [0.2, 0.25) is 0 Å². The fourth-order valence-electron chi connectivity index (χ4n) is 1.57. The van der Waals surface area contributed by atoms with Crippen molar-refractivity contribution < 1.29 is 9.53 Å². The smallest absolute Gasteiger partial charge is 0.323 e. The monoisotopic (exact) mass is 332 g/mol. The topological polar surface area (TPSA) is 67.4 Å². The van der Waals surface area contributed by atoms with Crippen LogP contribution in [0.5, 0.6) is 0 Å². The number of aromatic nitrogens is 2. The van der Waals surface area contributed by atoms with E-state index < -0.39 is 0 Å². The lowest BCUT2D eigenvalue weighted by atomic mass is 10.2. The molecule has 6 nitrogen and oxygen atoms in total. The number of ether oxygens (including phenoxy) is 1. The van der Waals surface area contributed by atoms with Gasteiger partial charge in [0.15, 0.2) is 4.34 Å². The molecular formula is C13H24N4O2S2. The summed E-state index contributed by atoms with van der Waals surface area (Å²) in [4.78, 5) is 13.8. The Balaban J connectivity index is 2.42. The Morgan fingerprint density at radius 2 is 2.19 bits per heavy atom. The second-order valence-corrected chi connectivity index (χ2v) is 6.94. The molecule has 0 saturated heterocycles. The standard InChI is InChI=1S/C13H24N4O2S2/c1-5-8-14-10(11(18)19-6-2)7-9-20-13-16-15-12(21-13)17(3)4/h10,14H,5-9H2,1-4H3. The van der Waals surface area contributed by atoms with Gasteiger partial charge in [-0.3, -0.25) is 4.79 Å². The van der Waals surface area contributed by atoms with Crippen molar-refractivity contribution in [3.8, 4) is 0 Å². The molecule has 0 spiro atoms. The second kappa shape index (κ2) is 9.97. The van der Waals surface area contributed by atoms with Crippen molar-refractivity contribution in [1.82, 2.24) is 15.5 Å². The van der Waals surface area contributed by atoms with Gasteiger partial charge in [0.2, 0.25) is 5.13 Å². The van der Waals surface area contributed by atoms with Crippen LogP contribution < -0.4 is 10.2 Å². The minimum absolute atomic E-state index is 0.169. The molecule has 0 aliphatic carbocycles. The highest BCUT2D eigenvalue weighted by Crippen LogP contribution is 2.27. The quantitative estimate of drug-likeness (QED) is 0.519. The van der Waals surface area contributed by atoms with Crippen LogP contribution in [0.15, 0.2) is 4.34 Å². The number of anilines is 1. The van der Waals surface area contributed by atoms with Gasteiger partial charge in [-0.25, -0.2) is 0 Å². The Morgan fingerprint density at radius 1 is 1.43 bits per heavy atom. The molecule has 120 valence electrons. The molecule has 8 heteroatoms. The van der Waals surface area contributed by atoms with Crippen molar-refractivity contribution >= 4 is 34.2 Å². The maximum Gasteiger partial charge on any atom is 0.323 e. The summed E-state index contributed by atoms with van der Waals surface area (Å²) < 4.78 is 6.02. The summed E-state index contributed by atoms with van der Waals surface area (Å²) in [6.07, 6.45) is 1.71. The molecule has 1 aromatic heterocycles. The molecule has 0 radical (unpaired) electrons. The van der Waals surface area contributed by atoms with Gasteiger partial charge in [-0.2, -0.15) is 0 Å². The molecule has 21 heavy (non-hydrogen) atoms. The molecule has 1 atom stereocenters. The van der Waals surface area contributed by atoms with E-state index in [4.69, 9.17) is 4.74 Å². The first-order chi connectivity index (χ1) is 10.1. The lowest BCUT2D eigenvalue weighted by Crippen LogP contribution is -2.39. The van der Waals surface area contributed by atoms with Gasteiger partial charge in [-0.15, -0.1) is 10.2 Å². The van der Waals surface area contributed by atoms with Crippen LogP contribution in [-0.2, 0) is 9.53 Å². The van der Waals surface area contributed by atoms with Crippen LogP contribution in [0.1, 0.15) is 26.7 Å². The van der Waals surface area contributed by atoms with E-state index in [2.05, 4.69) is 22.4 Å².